The van der Waals surface area contributed by atoms with Crippen molar-refractivity contribution < 1.29 is 14.3 Å². The molecule has 2 rings (SSSR count). The van der Waals surface area contributed by atoms with Crippen LogP contribution in [0.25, 0.3) is 0 Å². The Morgan fingerprint density at radius 2 is 2.07 bits per heavy atom. The number of carbonyl (C=O) groups is 1. The highest BCUT2D eigenvalue weighted by molar-refractivity contribution is 6.10. The summed E-state index contributed by atoms with van der Waals surface area (Å²) in [6.07, 6.45) is 0. The number of hydrogen-bond acceptors (Lipinski definition) is 3. The van der Waals surface area contributed by atoms with Gasteiger partial charge in [0.05, 0.1) is 5.56 Å². The van der Waals surface area contributed by atoms with Crippen LogP contribution in [0.15, 0.2) is 30.4 Å². The van der Waals surface area contributed by atoms with Crippen LogP contribution < -0.4 is 9.47 Å². The Balaban J connectivity index is 2.48. The largest absolute Gasteiger partial charge is 0.486 e. The van der Waals surface area contributed by atoms with E-state index in [1.54, 1.807) is 25.1 Å². The summed E-state index contributed by atoms with van der Waals surface area (Å²) in [7, 11) is 0. The second-order valence-electron chi connectivity index (χ2n) is 3.44. The Hall–Kier alpha value is -1.77. The zero-order valence-corrected chi connectivity index (χ0v) is 8.58. The van der Waals surface area contributed by atoms with Crippen molar-refractivity contribution in [3.8, 4) is 11.5 Å². The molecule has 0 unspecified atom stereocenters. The maximum absolute atomic E-state index is 11.8. The van der Waals surface area contributed by atoms with Crippen molar-refractivity contribution in [2.75, 3.05) is 13.2 Å². The molecule has 1 aromatic rings. The van der Waals surface area contributed by atoms with Crippen LogP contribution in [0.5, 0.6) is 11.5 Å². The molecular weight excluding hydrogens is 192 g/mol. The lowest BCUT2D eigenvalue weighted by molar-refractivity contribution is 0.102. The molecule has 0 aromatic heterocycles. The molecule has 3 nitrogen and oxygen atoms in total. The van der Waals surface area contributed by atoms with E-state index in [1.807, 2.05) is 0 Å². The number of rotatable bonds is 2. The average Bonchev–Trinajstić information content (AvgIpc) is 2.27. The summed E-state index contributed by atoms with van der Waals surface area (Å²) in [5.41, 5.74) is 1.03. The van der Waals surface area contributed by atoms with Crippen LogP contribution in [0.4, 0.5) is 0 Å². The number of fused-ring (bicyclic) bond motifs is 1. The molecule has 0 spiro atoms. The van der Waals surface area contributed by atoms with E-state index >= 15 is 0 Å². The monoisotopic (exact) mass is 204 g/mol. The Morgan fingerprint density at radius 1 is 1.33 bits per heavy atom. The summed E-state index contributed by atoms with van der Waals surface area (Å²) in [6, 6.07) is 5.30. The maximum Gasteiger partial charge on any atom is 0.192 e. The predicted molar refractivity (Wildman–Crippen MR) is 56.6 cm³/mol. The standard InChI is InChI=1S/C12H12O3/c1-8(2)11(13)9-4-3-5-10-12(9)15-7-6-14-10/h3-5H,1,6-7H2,2H3. The third kappa shape index (κ3) is 1.73. The molecular formula is C12H12O3. The predicted octanol–water partition coefficient (Wildman–Crippen LogP) is 2.22. The molecule has 1 heterocycles. The fraction of sp³-hybridized carbons (Fsp3) is 0.250. The smallest absolute Gasteiger partial charge is 0.192 e. The Kier molecular flexibility index (Phi) is 2.46. The van der Waals surface area contributed by atoms with Gasteiger partial charge in [-0.1, -0.05) is 12.6 Å². The highest BCUT2D eigenvalue weighted by atomic mass is 16.6. The first kappa shape index (κ1) is 9.77. The second-order valence-corrected chi connectivity index (χ2v) is 3.44. The average molecular weight is 204 g/mol. The van der Waals surface area contributed by atoms with Crippen molar-refractivity contribution >= 4 is 5.78 Å². The van der Waals surface area contributed by atoms with Crippen LogP contribution in [-0.4, -0.2) is 19.0 Å². The van der Waals surface area contributed by atoms with Crippen molar-refractivity contribution in [2.45, 2.75) is 6.92 Å². The number of hydrogen-bond donors (Lipinski definition) is 0. The molecule has 0 fully saturated rings. The molecule has 1 aromatic carbocycles. The summed E-state index contributed by atoms with van der Waals surface area (Å²) < 4.78 is 10.8. The van der Waals surface area contributed by atoms with Gasteiger partial charge in [-0.25, -0.2) is 0 Å². The lowest BCUT2D eigenvalue weighted by Crippen LogP contribution is -2.17. The van der Waals surface area contributed by atoms with Gasteiger partial charge in [-0.3, -0.25) is 4.79 Å². The SMILES string of the molecule is C=C(C)C(=O)c1cccc2c1OCCO2. The van der Waals surface area contributed by atoms with Crippen LogP contribution >= 0.6 is 0 Å². The molecule has 0 radical (unpaired) electrons. The van der Waals surface area contributed by atoms with Crippen molar-refractivity contribution in [1.82, 2.24) is 0 Å². The maximum atomic E-state index is 11.8. The Morgan fingerprint density at radius 3 is 2.80 bits per heavy atom. The normalized spacial score (nSPS) is 13.4. The number of ether oxygens (including phenoxy) is 2. The highest BCUT2D eigenvalue weighted by Gasteiger charge is 2.20. The molecule has 1 aliphatic rings. The summed E-state index contributed by atoms with van der Waals surface area (Å²) in [5, 5.41) is 0. The minimum Gasteiger partial charge on any atom is -0.486 e. The first-order chi connectivity index (χ1) is 7.20. The van der Waals surface area contributed by atoms with Crippen LogP contribution in [0.2, 0.25) is 0 Å². The number of benzene rings is 1. The minimum absolute atomic E-state index is 0.0997. The van der Waals surface area contributed by atoms with E-state index in [2.05, 4.69) is 6.58 Å². The molecule has 0 N–H and O–H groups in total. The van der Waals surface area contributed by atoms with Crippen molar-refractivity contribution in [2.24, 2.45) is 0 Å². The first-order valence-corrected chi connectivity index (χ1v) is 4.79. The summed E-state index contributed by atoms with van der Waals surface area (Å²) in [6.45, 7) is 6.33. The van der Waals surface area contributed by atoms with Crippen LogP contribution in [-0.2, 0) is 0 Å². The van der Waals surface area contributed by atoms with Crippen molar-refractivity contribution in [3.05, 3.63) is 35.9 Å². The van der Waals surface area contributed by atoms with Gasteiger partial charge in [-0.15, -0.1) is 0 Å². The Bertz CT molecular complexity index is 421. The van der Waals surface area contributed by atoms with Gasteiger partial charge in [0.25, 0.3) is 0 Å². The molecule has 3 heteroatoms. The molecule has 1 aliphatic heterocycles. The molecule has 0 atom stereocenters. The third-order valence-electron chi connectivity index (χ3n) is 2.20. The van der Waals surface area contributed by atoms with Gasteiger partial charge in [0.2, 0.25) is 0 Å². The van der Waals surface area contributed by atoms with Gasteiger partial charge < -0.3 is 9.47 Å². The molecule has 0 amide bonds. The number of allylic oxidation sites excluding steroid dienone is 1. The molecule has 0 saturated carbocycles. The van der Waals surface area contributed by atoms with Crippen LogP contribution in [0, 0.1) is 0 Å². The van der Waals surface area contributed by atoms with E-state index in [1.165, 1.54) is 0 Å². The number of Topliss-reactive ketones (excluding diaryl/α,β-unsaturated/α-hetero) is 1. The fourth-order valence-electron chi connectivity index (χ4n) is 1.48. The van der Waals surface area contributed by atoms with E-state index in [4.69, 9.17) is 9.47 Å². The Labute approximate surface area is 88.3 Å². The van der Waals surface area contributed by atoms with Crippen LogP contribution in [0.3, 0.4) is 0 Å². The molecule has 0 bridgehead atoms. The zero-order valence-electron chi connectivity index (χ0n) is 8.58. The van der Waals surface area contributed by atoms with Gasteiger partial charge >= 0.3 is 0 Å². The zero-order chi connectivity index (χ0) is 10.8. The van der Waals surface area contributed by atoms with Gasteiger partial charge in [0.1, 0.15) is 13.2 Å². The molecule has 15 heavy (non-hydrogen) atoms. The quantitative estimate of drug-likeness (QED) is 0.547. The van der Waals surface area contributed by atoms with E-state index in [9.17, 15) is 4.79 Å². The fourth-order valence-corrected chi connectivity index (χ4v) is 1.48. The van der Waals surface area contributed by atoms with E-state index in [-0.39, 0.29) is 5.78 Å². The highest BCUT2D eigenvalue weighted by Crippen LogP contribution is 2.34. The van der Waals surface area contributed by atoms with Gasteiger partial charge in [-0.2, -0.15) is 0 Å². The molecule has 0 saturated heterocycles. The number of para-hydroxylation sites is 1. The number of ketones is 1. The summed E-state index contributed by atoms with van der Waals surface area (Å²) >= 11 is 0. The molecule has 78 valence electrons. The van der Waals surface area contributed by atoms with Gasteiger partial charge in [0.15, 0.2) is 17.3 Å². The lowest BCUT2D eigenvalue weighted by Gasteiger charge is -2.20. The van der Waals surface area contributed by atoms with Gasteiger partial charge in [-0.05, 0) is 24.6 Å². The van der Waals surface area contributed by atoms with E-state index < -0.39 is 0 Å². The topological polar surface area (TPSA) is 35.5 Å². The van der Waals surface area contributed by atoms with Crippen molar-refractivity contribution in [1.29, 1.82) is 0 Å². The first-order valence-electron chi connectivity index (χ1n) is 4.79. The number of carbonyl (C=O) groups excluding carboxylic acids is 1. The van der Waals surface area contributed by atoms with E-state index in [0.29, 0.717) is 35.8 Å². The van der Waals surface area contributed by atoms with E-state index in [0.717, 1.165) is 0 Å². The van der Waals surface area contributed by atoms with Crippen LogP contribution in [0.1, 0.15) is 17.3 Å². The summed E-state index contributed by atoms with van der Waals surface area (Å²) in [4.78, 5) is 11.8. The summed E-state index contributed by atoms with van der Waals surface area (Å²) in [5.74, 6) is 1.07. The lowest BCUT2D eigenvalue weighted by atomic mass is 10.0. The van der Waals surface area contributed by atoms with Gasteiger partial charge in [0, 0.05) is 0 Å². The van der Waals surface area contributed by atoms with Crippen molar-refractivity contribution in [3.63, 3.8) is 0 Å². The third-order valence-corrected chi connectivity index (χ3v) is 2.20. The second kappa shape index (κ2) is 3.77. The molecule has 0 aliphatic carbocycles. The minimum atomic E-state index is -0.0997.